The molecule has 7 heteroatoms. The Labute approximate surface area is 146 Å². The molecule has 18 heavy (non-hydrogen) atoms. The van der Waals surface area contributed by atoms with Crippen LogP contribution in [0.4, 0.5) is 5.69 Å². The number of carboxylic acid groups (broad SMARTS) is 1. The van der Waals surface area contributed by atoms with Crippen LogP contribution < -0.4 is 5.32 Å². The van der Waals surface area contributed by atoms with Crippen molar-refractivity contribution in [2.45, 2.75) is 26.8 Å². The van der Waals surface area contributed by atoms with Crippen molar-refractivity contribution in [1.82, 2.24) is 0 Å². The van der Waals surface area contributed by atoms with Crippen molar-refractivity contribution in [1.29, 1.82) is 0 Å². The first-order valence-corrected chi connectivity index (χ1v) is 18.6. The molecule has 0 saturated heterocycles. The van der Waals surface area contributed by atoms with Crippen LogP contribution in [0, 0.1) is 13.8 Å². The zero-order chi connectivity index (χ0) is 14.3. The third kappa shape index (κ3) is 8.44. The summed E-state index contributed by atoms with van der Waals surface area (Å²) >= 11 is 7.39. The fourth-order valence-electron chi connectivity index (χ4n) is 1.32. The van der Waals surface area contributed by atoms with Crippen LogP contribution in [-0.4, -0.2) is 17.1 Å². The van der Waals surface area contributed by atoms with Crippen LogP contribution in [0.2, 0.25) is 0 Å². The minimum absolute atomic E-state index is 0.278. The van der Waals surface area contributed by atoms with Gasteiger partial charge >= 0.3 is 70.8 Å². The summed E-state index contributed by atoms with van der Waals surface area (Å²) in [7, 11) is 0. The maximum absolute atomic E-state index is 10.7. The number of carboxylic acids is 1. The molecule has 1 aromatic carbocycles. The number of halogens is 3. The number of rotatable bonds is 3. The summed E-state index contributed by atoms with van der Waals surface area (Å²) in [4.78, 5) is 10.4. The molecule has 0 bridgehead atoms. The summed E-state index contributed by atoms with van der Waals surface area (Å²) in [6, 6.07) is 5.32. The molecule has 0 saturated carbocycles. The summed E-state index contributed by atoms with van der Waals surface area (Å²) in [5.41, 5.74) is 3.05. The number of para-hydroxylation sites is 1. The fourth-order valence-corrected chi connectivity index (χ4v) is 1.32. The van der Waals surface area contributed by atoms with E-state index in [-0.39, 0.29) is 4.92 Å². The quantitative estimate of drug-likeness (QED) is 0.474. The molecule has 2 N–H and O–H groups in total. The van der Waals surface area contributed by atoms with Crippen LogP contribution >= 0.6 is 59.9 Å². The number of anilines is 1. The molecule has 1 aromatic rings. The third-order valence-corrected chi connectivity index (χ3v) is 2.21. The van der Waals surface area contributed by atoms with Crippen LogP contribution in [-0.2, 0) is 9.72 Å². The van der Waals surface area contributed by atoms with Gasteiger partial charge < -0.3 is 10.4 Å². The molecule has 0 aliphatic carbocycles. The minimum atomic E-state index is -0.840. The van der Waals surface area contributed by atoms with Gasteiger partial charge in [-0.05, 0) is 31.9 Å². The SMILES string of the molecule is Cc1cccc(C)c1NC(C)C(=O)O.[I][V]([I])[I]. The molecule has 0 aliphatic rings. The number of nitrogens with one attached hydrogen (secondary N) is 1. The van der Waals surface area contributed by atoms with E-state index in [0.717, 1.165) is 16.8 Å². The van der Waals surface area contributed by atoms with Gasteiger partial charge in [-0.2, -0.15) is 0 Å². The molecule has 0 aliphatic heterocycles. The second-order valence-electron chi connectivity index (χ2n) is 3.66. The summed E-state index contributed by atoms with van der Waals surface area (Å²) in [5, 5.41) is 11.7. The second kappa shape index (κ2) is 10.1. The molecule has 0 aromatic heterocycles. The number of aryl methyl sites for hydroxylation is 2. The summed E-state index contributed by atoms with van der Waals surface area (Å²) < 4.78 is 0. The van der Waals surface area contributed by atoms with Crippen LogP contribution in [0.15, 0.2) is 18.2 Å². The van der Waals surface area contributed by atoms with E-state index in [1.807, 2.05) is 32.0 Å². The molecular formula is C11H15I3NO2V. The molecule has 0 fully saturated rings. The van der Waals surface area contributed by atoms with Gasteiger partial charge in [0, 0.05) is 5.69 Å². The fraction of sp³-hybridized carbons (Fsp3) is 0.364. The van der Waals surface area contributed by atoms with E-state index in [1.54, 1.807) is 6.92 Å². The molecule has 0 amide bonds. The van der Waals surface area contributed by atoms with E-state index in [1.165, 1.54) is 0 Å². The van der Waals surface area contributed by atoms with Crippen molar-refractivity contribution < 1.29 is 14.8 Å². The maximum atomic E-state index is 10.7. The first kappa shape index (κ1) is 19.3. The molecular weight excluding hydrogens is 610 g/mol. The van der Waals surface area contributed by atoms with Crippen molar-refractivity contribution >= 4 is 71.6 Å². The topological polar surface area (TPSA) is 49.3 Å². The number of hydrogen-bond donors (Lipinski definition) is 2. The molecule has 0 spiro atoms. The Kier molecular flexibility index (Phi) is 10.8. The van der Waals surface area contributed by atoms with Crippen molar-refractivity contribution in [3.8, 4) is 0 Å². The molecule has 0 radical (unpaired) electrons. The zero-order valence-corrected chi connectivity index (χ0v) is 18.1. The molecule has 3 nitrogen and oxygen atoms in total. The van der Waals surface area contributed by atoms with Crippen molar-refractivity contribution in [2.75, 3.05) is 5.32 Å². The van der Waals surface area contributed by atoms with Gasteiger partial charge in [0.25, 0.3) is 0 Å². The second-order valence-corrected chi connectivity index (χ2v) is 39.0. The predicted molar refractivity (Wildman–Crippen MR) is 98.7 cm³/mol. The van der Waals surface area contributed by atoms with E-state index in [0.29, 0.717) is 0 Å². The van der Waals surface area contributed by atoms with Gasteiger partial charge in [-0.15, -0.1) is 0 Å². The Morgan fingerprint density at radius 2 is 1.67 bits per heavy atom. The van der Waals surface area contributed by atoms with Crippen LogP contribution in [0.3, 0.4) is 0 Å². The zero-order valence-electron chi connectivity index (χ0n) is 10.2. The number of benzene rings is 1. The Balaban J connectivity index is 0.000000631. The summed E-state index contributed by atoms with van der Waals surface area (Å²) in [6.07, 6.45) is 0. The van der Waals surface area contributed by atoms with E-state index in [2.05, 4.69) is 65.3 Å². The molecule has 1 atom stereocenters. The van der Waals surface area contributed by atoms with Crippen LogP contribution in [0.25, 0.3) is 0 Å². The molecule has 0 heterocycles. The third-order valence-electron chi connectivity index (χ3n) is 2.21. The van der Waals surface area contributed by atoms with E-state index < -0.39 is 12.0 Å². The summed E-state index contributed by atoms with van der Waals surface area (Å²) in [5.74, 6) is -0.840. The predicted octanol–water partition coefficient (Wildman–Crippen LogP) is 4.84. The van der Waals surface area contributed by atoms with E-state index in [4.69, 9.17) is 5.11 Å². The van der Waals surface area contributed by atoms with Gasteiger partial charge in [0.1, 0.15) is 6.04 Å². The molecule has 1 unspecified atom stereocenters. The Morgan fingerprint density at radius 1 is 1.28 bits per heavy atom. The van der Waals surface area contributed by atoms with Gasteiger partial charge in [-0.3, -0.25) is 4.79 Å². The van der Waals surface area contributed by atoms with E-state index in [9.17, 15) is 4.79 Å². The van der Waals surface area contributed by atoms with Gasteiger partial charge in [0.2, 0.25) is 0 Å². The van der Waals surface area contributed by atoms with Gasteiger partial charge in [-0.25, -0.2) is 0 Å². The number of carbonyl (C=O) groups is 1. The monoisotopic (exact) mass is 625 g/mol. The first-order chi connectivity index (χ1) is 8.25. The Morgan fingerprint density at radius 3 is 2.00 bits per heavy atom. The van der Waals surface area contributed by atoms with Crippen molar-refractivity contribution in [2.24, 2.45) is 0 Å². The number of aliphatic carboxylic acids is 1. The van der Waals surface area contributed by atoms with E-state index >= 15 is 0 Å². The molecule has 1 rings (SSSR count). The standard InChI is InChI=1S/C11H15NO2.3HI.V/c1-7-5-4-6-8(2)10(7)12-9(3)11(13)14;;;;/h4-6,9,12H,1-3H3,(H,13,14);3*1H;/q;;;;+3/p-3. The molecule has 102 valence electrons. The first-order valence-electron chi connectivity index (χ1n) is 5.08. The number of hydrogen-bond acceptors (Lipinski definition) is 2. The summed E-state index contributed by atoms with van der Waals surface area (Å²) in [6.45, 7) is 5.56. The van der Waals surface area contributed by atoms with Crippen molar-refractivity contribution in [3.63, 3.8) is 0 Å². The van der Waals surface area contributed by atoms with Gasteiger partial charge in [0.15, 0.2) is 0 Å². The van der Waals surface area contributed by atoms with Gasteiger partial charge in [0.05, 0.1) is 0 Å². The van der Waals surface area contributed by atoms with Crippen LogP contribution in [0.1, 0.15) is 18.1 Å². The Bertz CT molecular complexity index is 379. The van der Waals surface area contributed by atoms with Gasteiger partial charge in [-0.1, -0.05) is 18.2 Å². The van der Waals surface area contributed by atoms with Crippen molar-refractivity contribution in [3.05, 3.63) is 29.3 Å². The average molecular weight is 625 g/mol. The average Bonchev–Trinajstić information content (AvgIpc) is 2.22. The Hall–Kier alpha value is 1.26. The van der Waals surface area contributed by atoms with Crippen LogP contribution in [0.5, 0.6) is 0 Å². The normalized spacial score (nSPS) is 11.5.